The third kappa shape index (κ3) is 4.38. The van der Waals surface area contributed by atoms with E-state index >= 15 is 0 Å². The number of benzene rings is 2. The average Bonchev–Trinajstić information content (AvgIpc) is 2.67. The second-order valence-electron chi connectivity index (χ2n) is 6.54. The molecule has 0 atom stereocenters. The van der Waals surface area contributed by atoms with E-state index in [9.17, 15) is 9.59 Å². The summed E-state index contributed by atoms with van der Waals surface area (Å²) < 4.78 is 0. The summed E-state index contributed by atoms with van der Waals surface area (Å²) in [5.41, 5.74) is 4.82. The minimum absolute atomic E-state index is 0.156. The van der Waals surface area contributed by atoms with Crippen molar-refractivity contribution in [1.29, 1.82) is 0 Å². The number of carbonyl (C=O) groups excluding carboxylic acids is 2. The third-order valence-corrected chi connectivity index (χ3v) is 4.78. The van der Waals surface area contributed by atoms with Gasteiger partial charge in [0.15, 0.2) is 0 Å². The molecule has 5 nitrogen and oxygen atoms in total. The van der Waals surface area contributed by atoms with Gasteiger partial charge < -0.3 is 10.6 Å². The van der Waals surface area contributed by atoms with Crippen LogP contribution in [0, 0.1) is 20.8 Å². The molecule has 2 aromatic carbocycles. The zero-order valence-corrected chi connectivity index (χ0v) is 16.6. The normalized spacial score (nSPS) is 10.4. The first-order valence-corrected chi connectivity index (χ1v) is 9.14. The van der Waals surface area contributed by atoms with E-state index in [4.69, 9.17) is 11.6 Å². The molecule has 2 N–H and O–H groups in total. The zero-order valence-electron chi connectivity index (χ0n) is 15.8. The molecule has 0 aliphatic rings. The molecular formula is C22H20ClN3O2. The van der Waals surface area contributed by atoms with Crippen LogP contribution in [0.4, 0.5) is 11.4 Å². The van der Waals surface area contributed by atoms with Crippen LogP contribution < -0.4 is 10.6 Å². The molecule has 0 saturated carbocycles. The summed E-state index contributed by atoms with van der Waals surface area (Å²) in [6, 6.07) is 14.0. The molecule has 3 rings (SSSR count). The summed E-state index contributed by atoms with van der Waals surface area (Å²) in [5.74, 6) is -0.695. The van der Waals surface area contributed by atoms with Gasteiger partial charge in [0.25, 0.3) is 11.8 Å². The van der Waals surface area contributed by atoms with E-state index in [1.54, 1.807) is 24.3 Å². The second kappa shape index (κ2) is 8.23. The van der Waals surface area contributed by atoms with Crippen molar-refractivity contribution in [2.24, 2.45) is 0 Å². The van der Waals surface area contributed by atoms with Crippen molar-refractivity contribution in [3.8, 4) is 0 Å². The Balaban J connectivity index is 1.78. The summed E-state index contributed by atoms with van der Waals surface area (Å²) in [7, 11) is 0. The van der Waals surface area contributed by atoms with Crippen molar-refractivity contribution in [1.82, 2.24) is 4.98 Å². The number of pyridine rings is 1. The number of rotatable bonds is 4. The van der Waals surface area contributed by atoms with Crippen molar-refractivity contribution in [3.63, 3.8) is 0 Å². The Morgan fingerprint density at radius 2 is 1.61 bits per heavy atom. The first kappa shape index (κ1) is 19.6. The standard InChI is InChI=1S/C22H20ClN3O2/c1-13-5-4-6-19(15(13)3)26-21(27)16-9-10-24-20(12-16)22(28)25-18-8-7-17(23)11-14(18)2/h4-12H,1-3H3,(H,25,28)(H,26,27). The minimum Gasteiger partial charge on any atom is -0.322 e. The Morgan fingerprint density at radius 3 is 2.36 bits per heavy atom. The highest BCUT2D eigenvalue weighted by atomic mass is 35.5. The maximum absolute atomic E-state index is 12.6. The Hall–Kier alpha value is -3.18. The first-order valence-electron chi connectivity index (χ1n) is 8.76. The van der Waals surface area contributed by atoms with E-state index in [-0.39, 0.29) is 11.6 Å². The van der Waals surface area contributed by atoms with Crippen molar-refractivity contribution in [3.05, 3.63) is 87.7 Å². The molecule has 0 aliphatic carbocycles. The van der Waals surface area contributed by atoms with Gasteiger partial charge in [-0.2, -0.15) is 0 Å². The number of carbonyl (C=O) groups is 2. The van der Waals surface area contributed by atoms with E-state index in [1.165, 1.54) is 12.3 Å². The van der Waals surface area contributed by atoms with Crippen LogP contribution in [0.5, 0.6) is 0 Å². The first-order chi connectivity index (χ1) is 13.3. The van der Waals surface area contributed by atoms with Gasteiger partial charge in [-0.25, -0.2) is 0 Å². The smallest absolute Gasteiger partial charge is 0.274 e. The van der Waals surface area contributed by atoms with Crippen molar-refractivity contribution in [2.75, 3.05) is 10.6 Å². The van der Waals surface area contributed by atoms with E-state index < -0.39 is 5.91 Å². The van der Waals surface area contributed by atoms with E-state index in [0.29, 0.717) is 16.3 Å². The van der Waals surface area contributed by atoms with Crippen LogP contribution >= 0.6 is 11.6 Å². The quantitative estimate of drug-likeness (QED) is 0.642. The molecule has 0 fully saturated rings. The van der Waals surface area contributed by atoms with Crippen LogP contribution in [0.1, 0.15) is 37.5 Å². The van der Waals surface area contributed by atoms with Gasteiger partial charge in [-0.3, -0.25) is 14.6 Å². The fourth-order valence-corrected chi connectivity index (χ4v) is 2.96. The molecule has 1 aromatic heterocycles. The zero-order chi connectivity index (χ0) is 20.3. The van der Waals surface area contributed by atoms with Crippen LogP contribution in [-0.4, -0.2) is 16.8 Å². The molecule has 0 radical (unpaired) electrons. The molecule has 0 spiro atoms. The number of aromatic nitrogens is 1. The van der Waals surface area contributed by atoms with Gasteiger partial charge in [0.05, 0.1) is 0 Å². The fourth-order valence-electron chi connectivity index (χ4n) is 2.73. The van der Waals surface area contributed by atoms with E-state index in [1.807, 2.05) is 39.0 Å². The molecule has 0 bridgehead atoms. The number of nitrogens with one attached hydrogen (secondary N) is 2. The average molecular weight is 394 g/mol. The van der Waals surface area contributed by atoms with Crippen LogP contribution in [0.25, 0.3) is 0 Å². The number of amides is 2. The summed E-state index contributed by atoms with van der Waals surface area (Å²) in [6.07, 6.45) is 1.45. The molecule has 2 amide bonds. The van der Waals surface area contributed by atoms with Gasteiger partial charge in [-0.05, 0) is 73.9 Å². The highest BCUT2D eigenvalue weighted by Crippen LogP contribution is 2.21. The Labute approximate surface area is 168 Å². The van der Waals surface area contributed by atoms with Crippen molar-refractivity contribution in [2.45, 2.75) is 20.8 Å². The predicted octanol–water partition coefficient (Wildman–Crippen LogP) is 5.16. The van der Waals surface area contributed by atoms with Crippen molar-refractivity contribution < 1.29 is 9.59 Å². The Kier molecular flexibility index (Phi) is 5.76. The molecular weight excluding hydrogens is 374 g/mol. The maximum Gasteiger partial charge on any atom is 0.274 e. The van der Waals surface area contributed by atoms with Crippen LogP contribution in [0.2, 0.25) is 5.02 Å². The lowest BCUT2D eigenvalue weighted by atomic mass is 10.1. The Bertz CT molecular complexity index is 1060. The minimum atomic E-state index is -0.396. The van der Waals surface area contributed by atoms with Gasteiger partial charge in [0.1, 0.15) is 5.69 Å². The highest BCUT2D eigenvalue weighted by Gasteiger charge is 2.14. The lowest BCUT2D eigenvalue weighted by Crippen LogP contribution is -2.17. The fraction of sp³-hybridized carbons (Fsp3) is 0.136. The number of anilines is 2. The van der Waals surface area contributed by atoms with Crippen LogP contribution in [0.3, 0.4) is 0 Å². The molecule has 1 heterocycles. The van der Waals surface area contributed by atoms with Gasteiger partial charge >= 0.3 is 0 Å². The number of hydrogen-bond acceptors (Lipinski definition) is 3. The summed E-state index contributed by atoms with van der Waals surface area (Å²) in [5, 5.41) is 6.28. The molecule has 0 aliphatic heterocycles. The predicted molar refractivity (Wildman–Crippen MR) is 112 cm³/mol. The second-order valence-corrected chi connectivity index (χ2v) is 6.98. The van der Waals surface area contributed by atoms with Gasteiger partial charge in [0.2, 0.25) is 0 Å². The lowest BCUT2D eigenvalue weighted by Gasteiger charge is -2.11. The Morgan fingerprint density at radius 1 is 0.857 bits per heavy atom. The van der Waals surface area contributed by atoms with Gasteiger partial charge in [-0.1, -0.05) is 23.7 Å². The topological polar surface area (TPSA) is 71.1 Å². The van der Waals surface area contributed by atoms with Crippen molar-refractivity contribution >= 4 is 34.8 Å². The molecule has 0 saturated heterocycles. The highest BCUT2D eigenvalue weighted by molar-refractivity contribution is 6.30. The molecule has 3 aromatic rings. The molecule has 28 heavy (non-hydrogen) atoms. The monoisotopic (exact) mass is 393 g/mol. The summed E-state index contributed by atoms with van der Waals surface area (Å²) >= 11 is 5.94. The lowest BCUT2D eigenvalue weighted by molar-refractivity contribution is 0.102. The number of nitrogens with zero attached hydrogens (tertiary/aromatic N) is 1. The molecule has 142 valence electrons. The number of aryl methyl sites for hydroxylation is 2. The summed E-state index contributed by atoms with van der Waals surface area (Å²) in [4.78, 5) is 29.2. The number of hydrogen-bond donors (Lipinski definition) is 2. The molecule has 0 unspecified atom stereocenters. The van der Waals surface area contributed by atoms with Gasteiger partial charge in [0, 0.05) is 28.2 Å². The summed E-state index contributed by atoms with van der Waals surface area (Å²) in [6.45, 7) is 5.78. The SMILES string of the molecule is Cc1cc(Cl)ccc1NC(=O)c1cc(C(=O)Nc2cccc(C)c2C)ccn1. The van der Waals surface area contributed by atoms with Gasteiger partial charge in [-0.15, -0.1) is 0 Å². The number of halogens is 1. The van der Waals surface area contributed by atoms with E-state index in [2.05, 4.69) is 15.6 Å². The third-order valence-electron chi connectivity index (χ3n) is 4.54. The van der Waals surface area contributed by atoms with E-state index in [0.717, 1.165) is 22.4 Å². The van der Waals surface area contributed by atoms with Crippen LogP contribution in [-0.2, 0) is 0 Å². The largest absolute Gasteiger partial charge is 0.322 e. The van der Waals surface area contributed by atoms with Crippen LogP contribution in [0.15, 0.2) is 54.7 Å². The maximum atomic E-state index is 12.6. The molecule has 6 heteroatoms.